The quantitative estimate of drug-likeness (QED) is 0.863. The number of aryl methyl sites for hydroxylation is 1. The van der Waals surface area contributed by atoms with Gasteiger partial charge in [-0.15, -0.1) is 0 Å². The molecule has 1 aliphatic heterocycles. The monoisotopic (exact) mass is 332 g/mol. The molecule has 0 aromatic heterocycles. The number of carbonyl (C=O) groups is 2. The first-order valence-corrected chi connectivity index (χ1v) is 8.39. The highest BCUT2D eigenvalue weighted by atomic mass is 16.2. The van der Waals surface area contributed by atoms with Crippen molar-refractivity contribution in [2.24, 2.45) is 0 Å². The first-order chi connectivity index (χ1) is 11.4. The molecule has 1 unspecified atom stereocenters. The lowest BCUT2D eigenvalue weighted by molar-refractivity contribution is -0.137. The zero-order chi connectivity index (χ0) is 17.7. The van der Waals surface area contributed by atoms with Gasteiger partial charge in [0.25, 0.3) is 0 Å². The van der Waals surface area contributed by atoms with Gasteiger partial charge in [0, 0.05) is 52.4 Å². The summed E-state index contributed by atoms with van der Waals surface area (Å²) in [4.78, 5) is 30.3. The topological polar surface area (TPSA) is 55.9 Å². The number of benzene rings is 1. The zero-order valence-electron chi connectivity index (χ0n) is 15.1. The van der Waals surface area contributed by atoms with Gasteiger partial charge in [-0.05, 0) is 31.7 Å². The minimum atomic E-state index is -0.262. The van der Waals surface area contributed by atoms with Gasteiger partial charge in [0.15, 0.2) is 0 Å². The SMILES string of the molecule is CNC(=O)C1CN(C(=O)CCN(C)c2cccc(C)c2)CCN1C. The van der Waals surface area contributed by atoms with E-state index in [1.165, 1.54) is 5.56 Å². The largest absolute Gasteiger partial charge is 0.374 e. The van der Waals surface area contributed by atoms with Crippen molar-refractivity contribution in [3.8, 4) is 0 Å². The second kappa shape index (κ2) is 8.15. The molecule has 0 spiro atoms. The van der Waals surface area contributed by atoms with Crippen LogP contribution in [0, 0.1) is 6.92 Å². The lowest BCUT2D eigenvalue weighted by Crippen LogP contribution is -2.58. The Morgan fingerprint density at radius 3 is 2.75 bits per heavy atom. The molecule has 0 bridgehead atoms. The lowest BCUT2D eigenvalue weighted by atomic mass is 10.1. The number of hydrogen-bond acceptors (Lipinski definition) is 4. The summed E-state index contributed by atoms with van der Waals surface area (Å²) in [6.45, 7) is 4.59. The number of amides is 2. The van der Waals surface area contributed by atoms with Crippen LogP contribution in [0.2, 0.25) is 0 Å². The number of carbonyl (C=O) groups excluding carboxylic acids is 2. The molecule has 1 fully saturated rings. The van der Waals surface area contributed by atoms with Crippen LogP contribution in [0.5, 0.6) is 0 Å². The molecule has 1 atom stereocenters. The molecule has 6 heteroatoms. The Hall–Kier alpha value is -2.08. The Morgan fingerprint density at radius 2 is 2.08 bits per heavy atom. The van der Waals surface area contributed by atoms with Crippen LogP contribution in [0.1, 0.15) is 12.0 Å². The molecule has 1 heterocycles. The van der Waals surface area contributed by atoms with Crippen molar-refractivity contribution < 1.29 is 9.59 Å². The van der Waals surface area contributed by atoms with Gasteiger partial charge in [0.05, 0.1) is 0 Å². The summed E-state index contributed by atoms with van der Waals surface area (Å²) in [7, 11) is 5.56. The van der Waals surface area contributed by atoms with Crippen LogP contribution >= 0.6 is 0 Å². The summed E-state index contributed by atoms with van der Waals surface area (Å²) in [5.74, 6) is 0.0726. The maximum atomic E-state index is 12.5. The third kappa shape index (κ3) is 4.47. The highest BCUT2D eigenvalue weighted by Gasteiger charge is 2.31. The molecule has 6 nitrogen and oxygen atoms in total. The van der Waals surface area contributed by atoms with Crippen LogP contribution in [0.25, 0.3) is 0 Å². The number of piperazine rings is 1. The standard InChI is InChI=1S/C18H28N4O2/c1-14-6-5-7-15(12-14)20(3)9-8-17(23)22-11-10-21(4)16(13-22)18(24)19-2/h5-7,12,16H,8-11,13H2,1-4H3,(H,19,24). The van der Waals surface area contributed by atoms with E-state index >= 15 is 0 Å². The van der Waals surface area contributed by atoms with Crippen molar-refractivity contribution in [1.29, 1.82) is 0 Å². The predicted octanol–water partition coefficient (Wildman–Crippen LogP) is 0.710. The summed E-state index contributed by atoms with van der Waals surface area (Å²) in [5.41, 5.74) is 2.32. The fraction of sp³-hybridized carbons (Fsp3) is 0.556. The Bertz CT molecular complexity index is 590. The van der Waals surface area contributed by atoms with Gasteiger partial charge >= 0.3 is 0 Å². The molecular formula is C18H28N4O2. The van der Waals surface area contributed by atoms with Crippen LogP contribution in [-0.2, 0) is 9.59 Å². The summed E-state index contributed by atoms with van der Waals surface area (Å²) in [5, 5.41) is 2.67. The third-order valence-corrected chi connectivity index (χ3v) is 4.65. The van der Waals surface area contributed by atoms with Gasteiger partial charge < -0.3 is 15.1 Å². The van der Waals surface area contributed by atoms with Crippen LogP contribution in [0.3, 0.4) is 0 Å². The van der Waals surface area contributed by atoms with Crippen molar-refractivity contribution in [1.82, 2.24) is 15.1 Å². The first-order valence-electron chi connectivity index (χ1n) is 8.39. The van der Waals surface area contributed by atoms with Crippen molar-refractivity contribution >= 4 is 17.5 Å². The molecular weight excluding hydrogens is 304 g/mol. The summed E-state index contributed by atoms with van der Waals surface area (Å²) in [6, 6.07) is 7.99. The van der Waals surface area contributed by atoms with Crippen molar-refractivity contribution in [2.45, 2.75) is 19.4 Å². The summed E-state index contributed by atoms with van der Waals surface area (Å²) < 4.78 is 0. The minimum absolute atomic E-state index is 0.0353. The number of nitrogens with zero attached hydrogens (tertiary/aromatic N) is 3. The Morgan fingerprint density at radius 1 is 1.33 bits per heavy atom. The minimum Gasteiger partial charge on any atom is -0.374 e. The van der Waals surface area contributed by atoms with Gasteiger partial charge in [-0.2, -0.15) is 0 Å². The molecule has 1 aliphatic rings. The van der Waals surface area contributed by atoms with E-state index in [4.69, 9.17) is 0 Å². The first kappa shape index (κ1) is 18.3. The second-order valence-corrected chi connectivity index (χ2v) is 6.46. The molecule has 24 heavy (non-hydrogen) atoms. The number of likely N-dealkylation sites (N-methyl/N-ethyl adjacent to an activating group) is 2. The fourth-order valence-corrected chi connectivity index (χ4v) is 2.97. The van der Waals surface area contributed by atoms with Gasteiger partial charge in [-0.3, -0.25) is 14.5 Å². The maximum Gasteiger partial charge on any atom is 0.238 e. The molecule has 1 aromatic carbocycles. The molecule has 132 valence electrons. The van der Waals surface area contributed by atoms with E-state index in [2.05, 4.69) is 35.3 Å². The van der Waals surface area contributed by atoms with Gasteiger partial charge in [-0.25, -0.2) is 0 Å². The maximum absolute atomic E-state index is 12.5. The summed E-state index contributed by atoms with van der Waals surface area (Å²) >= 11 is 0. The fourth-order valence-electron chi connectivity index (χ4n) is 2.97. The number of nitrogens with one attached hydrogen (secondary N) is 1. The van der Waals surface area contributed by atoms with E-state index in [0.29, 0.717) is 26.1 Å². The molecule has 0 saturated carbocycles. The van der Waals surface area contributed by atoms with Crippen LogP contribution in [0.15, 0.2) is 24.3 Å². The summed E-state index contributed by atoms with van der Waals surface area (Å²) in [6.07, 6.45) is 0.453. The van der Waals surface area contributed by atoms with Crippen molar-refractivity contribution in [3.05, 3.63) is 29.8 Å². The average Bonchev–Trinajstić information content (AvgIpc) is 2.59. The van der Waals surface area contributed by atoms with Crippen LogP contribution in [-0.4, -0.2) is 75.0 Å². The number of rotatable bonds is 5. The van der Waals surface area contributed by atoms with E-state index in [9.17, 15) is 9.59 Å². The highest BCUT2D eigenvalue weighted by Crippen LogP contribution is 2.15. The molecule has 1 saturated heterocycles. The lowest BCUT2D eigenvalue weighted by Gasteiger charge is -2.38. The second-order valence-electron chi connectivity index (χ2n) is 6.46. The van der Waals surface area contributed by atoms with E-state index in [-0.39, 0.29) is 17.9 Å². The van der Waals surface area contributed by atoms with E-state index < -0.39 is 0 Å². The normalized spacial score (nSPS) is 18.3. The Balaban J connectivity index is 1.89. The molecule has 0 aliphatic carbocycles. The Labute approximate surface area is 144 Å². The molecule has 1 aromatic rings. The highest BCUT2D eigenvalue weighted by molar-refractivity contribution is 5.83. The van der Waals surface area contributed by atoms with E-state index in [1.54, 1.807) is 7.05 Å². The molecule has 2 rings (SSSR count). The predicted molar refractivity (Wildman–Crippen MR) is 96.1 cm³/mol. The van der Waals surface area contributed by atoms with Gasteiger partial charge in [0.1, 0.15) is 6.04 Å². The van der Waals surface area contributed by atoms with E-state index in [1.807, 2.05) is 30.0 Å². The van der Waals surface area contributed by atoms with Crippen LogP contribution < -0.4 is 10.2 Å². The molecule has 0 radical (unpaired) electrons. The number of anilines is 1. The van der Waals surface area contributed by atoms with Crippen molar-refractivity contribution in [3.63, 3.8) is 0 Å². The smallest absolute Gasteiger partial charge is 0.238 e. The zero-order valence-corrected chi connectivity index (χ0v) is 15.1. The van der Waals surface area contributed by atoms with Crippen LogP contribution in [0.4, 0.5) is 5.69 Å². The van der Waals surface area contributed by atoms with Gasteiger partial charge in [-0.1, -0.05) is 12.1 Å². The number of hydrogen-bond donors (Lipinski definition) is 1. The van der Waals surface area contributed by atoms with Gasteiger partial charge in [0.2, 0.25) is 11.8 Å². The van der Waals surface area contributed by atoms with Crippen molar-refractivity contribution in [2.75, 3.05) is 52.2 Å². The Kier molecular flexibility index (Phi) is 6.20. The van der Waals surface area contributed by atoms with E-state index in [0.717, 1.165) is 12.2 Å². The average molecular weight is 332 g/mol. The molecule has 1 N–H and O–H groups in total. The third-order valence-electron chi connectivity index (χ3n) is 4.65. The molecule has 2 amide bonds.